The second-order valence-electron chi connectivity index (χ2n) is 4.39. The van der Waals surface area contributed by atoms with Crippen LogP contribution in [0.3, 0.4) is 0 Å². The Labute approximate surface area is 133 Å². The van der Waals surface area contributed by atoms with Gasteiger partial charge in [0.2, 0.25) is 0 Å². The summed E-state index contributed by atoms with van der Waals surface area (Å²) in [4.78, 5) is 14.5. The summed E-state index contributed by atoms with van der Waals surface area (Å²) in [7, 11) is 0. The quantitative estimate of drug-likeness (QED) is 0.873. The predicted molar refractivity (Wildman–Crippen MR) is 76.0 cm³/mol. The Morgan fingerprint density at radius 3 is 2.32 bits per heavy atom. The summed E-state index contributed by atoms with van der Waals surface area (Å²) in [5.41, 5.74) is -1.16. The van der Waals surface area contributed by atoms with E-state index in [4.69, 9.17) is 28.3 Å². The molecule has 0 atom stereocenters. The van der Waals surface area contributed by atoms with Crippen molar-refractivity contribution in [1.82, 2.24) is 4.98 Å². The van der Waals surface area contributed by atoms with Crippen molar-refractivity contribution in [2.24, 2.45) is 0 Å². The molecule has 0 saturated heterocycles. The first-order valence-electron chi connectivity index (χ1n) is 5.92. The van der Waals surface area contributed by atoms with Crippen LogP contribution < -0.4 is 0 Å². The lowest BCUT2D eigenvalue weighted by atomic mass is 10.0. The van der Waals surface area contributed by atoms with Crippen LogP contribution in [0.5, 0.6) is 0 Å². The van der Waals surface area contributed by atoms with Crippen molar-refractivity contribution in [3.8, 4) is 11.3 Å². The molecule has 8 heteroatoms. The fraction of sp³-hybridized carbons (Fsp3) is 0.143. The van der Waals surface area contributed by atoms with Gasteiger partial charge in [0.1, 0.15) is 0 Å². The number of benzene rings is 1. The molecule has 22 heavy (non-hydrogen) atoms. The third-order valence-corrected chi connectivity index (χ3v) is 3.49. The fourth-order valence-corrected chi connectivity index (χ4v) is 2.53. The summed E-state index contributed by atoms with van der Waals surface area (Å²) in [5.74, 6) is -1.38. The fourth-order valence-electron chi connectivity index (χ4n) is 1.94. The summed E-state index contributed by atoms with van der Waals surface area (Å²) in [6, 6.07) is 5.65. The molecule has 0 aliphatic carbocycles. The van der Waals surface area contributed by atoms with E-state index < -0.39 is 29.7 Å². The van der Waals surface area contributed by atoms with Gasteiger partial charge in [-0.2, -0.15) is 13.2 Å². The molecule has 2 rings (SSSR count). The van der Waals surface area contributed by atoms with Gasteiger partial charge >= 0.3 is 12.1 Å². The van der Waals surface area contributed by atoms with E-state index in [0.29, 0.717) is 6.20 Å². The van der Waals surface area contributed by atoms with Crippen LogP contribution in [0.2, 0.25) is 10.0 Å². The molecule has 1 N–H and O–H groups in total. The molecule has 0 amide bonds. The first-order chi connectivity index (χ1) is 10.2. The van der Waals surface area contributed by atoms with Gasteiger partial charge in [-0.15, -0.1) is 0 Å². The Morgan fingerprint density at radius 2 is 1.82 bits per heavy atom. The van der Waals surface area contributed by atoms with Crippen LogP contribution in [-0.2, 0) is 17.4 Å². The van der Waals surface area contributed by atoms with E-state index in [0.717, 1.165) is 6.07 Å². The Hall–Kier alpha value is -1.79. The average Bonchev–Trinajstić information content (AvgIpc) is 2.36. The van der Waals surface area contributed by atoms with Gasteiger partial charge in [0.05, 0.1) is 27.7 Å². The number of hydrogen-bond acceptors (Lipinski definition) is 2. The van der Waals surface area contributed by atoms with E-state index in [2.05, 4.69) is 4.98 Å². The van der Waals surface area contributed by atoms with E-state index in [-0.39, 0.29) is 21.3 Å². The number of aliphatic carboxylic acids is 1. The molecule has 0 bridgehead atoms. The van der Waals surface area contributed by atoms with Crippen LogP contribution in [0, 0.1) is 0 Å². The maximum Gasteiger partial charge on any atom is 0.418 e. The van der Waals surface area contributed by atoms with Crippen molar-refractivity contribution >= 4 is 29.2 Å². The van der Waals surface area contributed by atoms with Crippen molar-refractivity contribution in [1.29, 1.82) is 0 Å². The molecule has 2 aromatic rings. The number of pyridine rings is 1. The normalized spacial score (nSPS) is 11.5. The molecule has 0 aliphatic rings. The van der Waals surface area contributed by atoms with Crippen LogP contribution in [0.25, 0.3) is 11.3 Å². The number of hydrogen-bond donors (Lipinski definition) is 1. The van der Waals surface area contributed by atoms with Gasteiger partial charge in [-0.1, -0.05) is 29.3 Å². The van der Waals surface area contributed by atoms with E-state index >= 15 is 0 Å². The lowest BCUT2D eigenvalue weighted by Gasteiger charge is -2.13. The van der Waals surface area contributed by atoms with Crippen molar-refractivity contribution in [2.45, 2.75) is 12.6 Å². The lowest BCUT2D eigenvalue weighted by molar-refractivity contribution is -0.139. The molecule has 0 fully saturated rings. The number of carboxylic acids is 1. The molecule has 1 aromatic heterocycles. The lowest BCUT2D eigenvalue weighted by Crippen LogP contribution is -2.13. The topological polar surface area (TPSA) is 50.2 Å². The average molecular weight is 350 g/mol. The Balaban J connectivity index is 2.63. The number of carbonyl (C=O) groups is 1. The minimum absolute atomic E-state index is 0.0832. The van der Waals surface area contributed by atoms with Crippen LogP contribution in [0.15, 0.2) is 30.5 Å². The van der Waals surface area contributed by atoms with Crippen LogP contribution >= 0.6 is 23.2 Å². The minimum Gasteiger partial charge on any atom is -0.481 e. The van der Waals surface area contributed by atoms with Crippen molar-refractivity contribution in [3.63, 3.8) is 0 Å². The predicted octanol–water partition coefficient (Wildman–Crippen LogP) is 4.70. The third kappa shape index (κ3) is 3.51. The van der Waals surface area contributed by atoms with E-state index in [1.165, 1.54) is 12.1 Å². The van der Waals surface area contributed by atoms with E-state index in [1.54, 1.807) is 6.07 Å². The smallest absolute Gasteiger partial charge is 0.418 e. The van der Waals surface area contributed by atoms with Gasteiger partial charge in [0.25, 0.3) is 0 Å². The number of alkyl halides is 3. The molecule has 1 heterocycles. The summed E-state index contributed by atoms with van der Waals surface area (Å²) < 4.78 is 38.7. The summed E-state index contributed by atoms with van der Waals surface area (Å²) in [6.07, 6.45) is -4.89. The maximum atomic E-state index is 12.9. The zero-order valence-corrected chi connectivity index (χ0v) is 12.3. The molecule has 0 spiro atoms. The number of rotatable bonds is 3. The SMILES string of the molecule is O=C(O)Cc1cc(-c2c(Cl)cccc2Cl)ncc1C(F)(F)F. The van der Waals surface area contributed by atoms with Crippen LogP contribution in [0.1, 0.15) is 11.1 Å². The standard InChI is InChI=1S/C14H8Cl2F3NO2/c15-9-2-1-3-10(16)13(9)11-4-7(5-12(21)22)8(6-20-11)14(17,18)19/h1-4,6H,5H2,(H,21,22). The van der Waals surface area contributed by atoms with Gasteiger partial charge in [-0.3, -0.25) is 9.78 Å². The maximum absolute atomic E-state index is 12.9. The zero-order chi connectivity index (χ0) is 16.5. The number of carboxylic acid groups (broad SMARTS) is 1. The second kappa shape index (κ2) is 6.14. The highest BCUT2D eigenvalue weighted by atomic mass is 35.5. The Morgan fingerprint density at radius 1 is 1.23 bits per heavy atom. The van der Waals surface area contributed by atoms with Crippen molar-refractivity contribution < 1.29 is 23.1 Å². The van der Waals surface area contributed by atoms with Gasteiger partial charge in [0, 0.05) is 11.8 Å². The summed E-state index contributed by atoms with van der Waals surface area (Å²) in [5, 5.41) is 9.21. The monoisotopic (exact) mass is 349 g/mol. The van der Waals surface area contributed by atoms with Crippen molar-refractivity contribution in [3.05, 3.63) is 51.6 Å². The van der Waals surface area contributed by atoms with Crippen LogP contribution in [0.4, 0.5) is 13.2 Å². The highest BCUT2D eigenvalue weighted by molar-refractivity contribution is 6.39. The van der Waals surface area contributed by atoms with Gasteiger partial charge in [0.15, 0.2) is 0 Å². The van der Waals surface area contributed by atoms with Gasteiger partial charge < -0.3 is 5.11 Å². The first-order valence-corrected chi connectivity index (χ1v) is 6.68. The Kier molecular flexibility index (Phi) is 4.63. The molecule has 116 valence electrons. The highest BCUT2D eigenvalue weighted by Gasteiger charge is 2.34. The van der Waals surface area contributed by atoms with Gasteiger partial charge in [-0.25, -0.2) is 0 Å². The molecule has 3 nitrogen and oxygen atoms in total. The second-order valence-corrected chi connectivity index (χ2v) is 5.21. The first kappa shape index (κ1) is 16.6. The summed E-state index contributed by atoms with van der Waals surface area (Å²) in [6.45, 7) is 0. The van der Waals surface area contributed by atoms with Gasteiger partial charge in [-0.05, 0) is 23.8 Å². The third-order valence-electron chi connectivity index (χ3n) is 2.86. The minimum atomic E-state index is -4.69. The molecule has 0 aliphatic heterocycles. The Bertz CT molecular complexity index is 712. The summed E-state index contributed by atoms with van der Waals surface area (Å²) >= 11 is 12.0. The molecular formula is C14H8Cl2F3NO2. The number of nitrogens with zero attached hydrogens (tertiary/aromatic N) is 1. The molecule has 1 aromatic carbocycles. The van der Waals surface area contributed by atoms with Crippen molar-refractivity contribution in [2.75, 3.05) is 0 Å². The number of halogens is 5. The van der Waals surface area contributed by atoms with E-state index in [1.807, 2.05) is 0 Å². The largest absolute Gasteiger partial charge is 0.481 e. The highest BCUT2D eigenvalue weighted by Crippen LogP contribution is 2.37. The zero-order valence-electron chi connectivity index (χ0n) is 10.8. The number of aromatic nitrogens is 1. The molecule has 0 radical (unpaired) electrons. The molecular weight excluding hydrogens is 342 g/mol. The molecule has 0 saturated carbocycles. The molecule has 0 unspecified atom stereocenters. The van der Waals surface area contributed by atoms with E-state index in [9.17, 15) is 18.0 Å². The van der Waals surface area contributed by atoms with Crippen LogP contribution in [-0.4, -0.2) is 16.1 Å².